The first-order chi connectivity index (χ1) is 17.2. The number of hydrogen-bond donors (Lipinski definition) is 1. The summed E-state index contributed by atoms with van der Waals surface area (Å²) in [6, 6.07) is 7.23. The Bertz CT molecular complexity index is 945. The first kappa shape index (κ1) is 27.1. The minimum absolute atomic E-state index is 0.0473. The number of rotatable bonds is 8. The highest BCUT2D eigenvalue weighted by Gasteiger charge is 2.53. The van der Waals surface area contributed by atoms with Crippen molar-refractivity contribution in [2.24, 2.45) is 5.92 Å². The monoisotopic (exact) mass is 515 g/mol. The summed E-state index contributed by atoms with van der Waals surface area (Å²) in [5.74, 6) is -0.0205. The van der Waals surface area contributed by atoms with Crippen LogP contribution in [-0.4, -0.2) is 89.4 Å². The average Bonchev–Trinajstić information content (AvgIpc) is 3.46. The molecular weight excluding hydrogens is 474 g/mol. The number of thioether (sulfide) groups is 1. The Morgan fingerprint density at radius 2 is 1.81 bits per heavy atom. The molecule has 0 unspecified atom stereocenters. The number of likely N-dealkylation sites (tertiary alicyclic amines) is 2. The predicted molar refractivity (Wildman–Crippen MR) is 143 cm³/mol. The van der Waals surface area contributed by atoms with Crippen molar-refractivity contribution in [3.05, 3.63) is 35.4 Å². The van der Waals surface area contributed by atoms with Crippen molar-refractivity contribution in [3.63, 3.8) is 0 Å². The Hall–Kier alpha value is -1.90. The van der Waals surface area contributed by atoms with E-state index in [0.717, 1.165) is 32.4 Å². The maximum atomic E-state index is 13.7. The van der Waals surface area contributed by atoms with Crippen molar-refractivity contribution in [1.82, 2.24) is 15.1 Å². The molecule has 3 aliphatic rings. The molecule has 0 saturated carbocycles. The summed E-state index contributed by atoms with van der Waals surface area (Å²) in [6.45, 7) is 11.2. The summed E-state index contributed by atoms with van der Waals surface area (Å²) < 4.78 is 5.71. The predicted octanol–water partition coefficient (Wildman–Crippen LogP) is 3.33. The number of ether oxygens (including phenoxy) is 1. The van der Waals surface area contributed by atoms with Gasteiger partial charge in [0.15, 0.2) is 5.78 Å². The third kappa shape index (κ3) is 5.50. The Labute approximate surface area is 219 Å². The summed E-state index contributed by atoms with van der Waals surface area (Å²) in [7, 11) is 0. The summed E-state index contributed by atoms with van der Waals surface area (Å²) in [6.07, 6.45) is 4.72. The third-order valence-corrected chi connectivity index (χ3v) is 9.42. The van der Waals surface area contributed by atoms with Gasteiger partial charge in [0.1, 0.15) is 18.7 Å². The Kier molecular flexibility index (Phi) is 8.79. The normalized spacial score (nSPS) is 26.8. The highest BCUT2D eigenvalue weighted by molar-refractivity contribution is 7.99. The van der Waals surface area contributed by atoms with E-state index in [0.29, 0.717) is 24.1 Å². The maximum absolute atomic E-state index is 13.7. The molecule has 3 saturated heterocycles. The lowest BCUT2D eigenvalue weighted by atomic mass is 9.88. The van der Waals surface area contributed by atoms with Gasteiger partial charge in [-0.3, -0.25) is 14.4 Å². The number of hydrogen-bond acceptors (Lipinski definition) is 6. The molecule has 7 nitrogen and oxygen atoms in total. The van der Waals surface area contributed by atoms with E-state index in [1.165, 1.54) is 5.56 Å². The molecular formula is C28H41N3O4S. The van der Waals surface area contributed by atoms with Crippen LogP contribution in [0, 0.1) is 5.92 Å². The quantitative estimate of drug-likeness (QED) is 0.572. The molecule has 0 radical (unpaired) electrons. The van der Waals surface area contributed by atoms with E-state index in [9.17, 15) is 14.4 Å². The number of carbonyl (C=O) groups excluding carboxylic acids is 3. The number of ketones is 1. The van der Waals surface area contributed by atoms with Gasteiger partial charge < -0.3 is 19.9 Å². The molecule has 198 valence electrons. The summed E-state index contributed by atoms with van der Waals surface area (Å²) >= 11 is 1.62. The SMILES string of the molecule is CC[C@H](C)[C@H](NC(=O)c1ccc(C2CCN(C(C)C)CC2)cc1)C(=O)N1C[C@H](SC)[C@H]2OCC(=O)[C@H]21. The zero-order chi connectivity index (χ0) is 26.0. The Morgan fingerprint density at radius 1 is 1.14 bits per heavy atom. The van der Waals surface area contributed by atoms with Crippen LogP contribution < -0.4 is 5.32 Å². The third-order valence-electron chi connectivity index (χ3n) is 8.39. The number of carbonyl (C=O) groups is 3. The second-order valence-corrected chi connectivity index (χ2v) is 11.9. The molecule has 2 amide bonds. The molecule has 8 heteroatoms. The first-order valence-electron chi connectivity index (χ1n) is 13.4. The van der Waals surface area contributed by atoms with Crippen LogP contribution >= 0.6 is 11.8 Å². The largest absolute Gasteiger partial charge is 0.367 e. The van der Waals surface area contributed by atoms with Gasteiger partial charge in [-0.15, -0.1) is 0 Å². The molecule has 0 bridgehead atoms. The Balaban J connectivity index is 1.43. The van der Waals surface area contributed by atoms with Crippen LogP contribution in [0.3, 0.4) is 0 Å². The van der Waals surface area contributed by atoms with Crippen LogP contribution in [-0.2, 0) is 14.3 Å². The fourth-order valence-electron chi connectivity index (χ4n) is 5.79. The minimum Gasteiger partial charge on any atom is -0.367 e. The molecule has 1 aromatic carbocycles. The van der Waals surface area contributed by atoms with E-state index in [1.807, 2.05) is 32.2 Å². The second kappa shape index (κ2) is 11.7. The number of Topliss-reactive ketones (excluding diaryl/α,β-unsaturated/α-hetero) is 1. The first-order valence-corrected chi connectivity index (χ1v) is 14.7. The second-order valence-electron chi connectivity index (χ2n) is 10.8. The molecule has 1 aromatic rings. The average molecular weight is 516 g/mol. The van der Waals surface area contributed by atoms with Crippen molar-refractivity contribution in [2.75, 3.05) is 32.5 Å². The van der Waals surface area contributed by atoms with Gasteiger partial charge in [-0.25, -0.2) is 0 Å². The smallest absolute Gasteiger partial charge is 0.251 e. The topological polar surface area (TPSA) is 79.0 Å². The van der Waals surface area contributed by atoms with E-state index < -0.39 is 12.1 Å². The fourth-order valence-corrected chi connectivity index (χ4v) is 6.59. The molecule has 3 aliphatic heterocycles. The number of fused-ring (bicyclic) bond motifs is 1. The maximum Gasteiger partial charge on any atom is 0.251 e. The highest BCUT2D eigenvalue weighted by atomic mass is 32.2. The number of nitrogens with one attached hydrogen (secondary N) is 1. The van der Waals surface area contributed by atoms with Gasteiger partial charge in [0.25, 0.3) is 5.91 Å². The van der Waals surface area contributed by atoms with E-state index >= 15 is 0 Å². The summed E-state index contributed by atoms with van der Waals surface area (Å²) in [5, 5.41) is 3.08. The zero-order valence-electron chi connectivity index (χ0n) is 22.2. The number of amides is 2. The van der Waals surface area contributed by atoms with Crippen LogP contribution in [0.25, 0.3) is 0 Å². The van der Waals surface area contributed by atoms with Crippen LogP contribution in [0.15, 0.2) is 24.3 Å². The lowest BCUT2D eigenvalue weighted by Crippen LogP contribution is -2.54. The van der Waals surface area contributed by atoms with Crippen LogP contribution in [0.4, 0.5) is 0 Å². The van der Waals surface area contributed by atoms with Crippen molar-refractivity contribution < 1.29 is 19.1 Å². The van der Waals surface area contributed by atoms with E-state index in [-0.39, 0.29) is 41.5 Å². The van der Waals surface area contributed by atoms with E-state index in [4.69, 9.17) is 4.74 Å². The van der Waals surface area contributed by atoms with Crippen molar-refractivity contribution >= 4 is 29.4 Å². The van der Waals surface area contributed by atoms with Gasteiger partial charge in [-0.05, 0) is 75.6 Å². The van der Waals surface area contributed by atoms with Crippen LogP contribution in [0.2, 0.25) is 0 Å². The van der Waals surface area contributed by atoms with Gasteiger partial charge in [0.2, 0.25) is 5.91 Å². The molecule has 0 aromatic heterocycles. The molecule has 4 rings (SSSR count). The summed E-state index contributed by atoms with van der Waals surface area (Å²) in [5.41, 5.74) is 1.83. The number of benzene rings is 1. The molecule has 0 aliphatic carbocycles. The molecule has 3 heterocycles. The fraction of sp³-hybridized carbons (Fsp3) is 0.679. The lowest BCUT2D eigenvalue weighted by Gasteiger charge is -2.34. The van der Waals surface area contributed by atoms with Crippen molar-refractivity contribution in [2.45, 2.75) is 82.4 Å². The molecule has 3 fully saturated rings. The Morgan fingerprint density at radius 3 is 2.39 bits per heavy atom. The van der Waals surface area contributed by atoms with Gasteiger partial charge in [0, 0.05) is 18.2 Å². The van der Waals surface area contributed by atoms with Crippen molar-refractivity contribution in [3.8, 4) is 0 Å². The molecule has 0 spiro atoms. The van der Waals surface area contributed by atoms with E-state index in [2.05, 4.69) is 36.2 Å². The van der Waals surface area contributed by atoms with Gasteiger partial charge >= 0.3 is 0 Å². The molecule has 1 N–H and O–H groups in total. The van der Waals surface area contributed by atoms with E-state index in [1.54, 1.807) is 16.7 Å². The van der Waals surface area contributed by atoms with Gasteiger partial charge in [0.05, 0.1) is 11.4 Å². The number of nitrogens with zero attached hydrogens (tertiary/aromatic N) is 2. The standard InChI is InChI=1S/C28H41N3O4S/c1-6-18(4)24(28(34)31-15-23(36-5)26-25(31)22(32)16-35-26)29-27(33)21-9-7-19(8-10-21)20-11-13-30(14-12-20)17(2)3/h7-10,17-18,20,23-26H,6,11-16H2,1-5H3,(H,29,33)/t18-,23-,24-,25+,26+/m0/s1. The zero-order valence-corrected chi connectivity index (χ0v) is 23.1. The molecule has 5 atom stereocenters. The number of piperidine rings is 1. The minimum atomic E-state index is -0.683. The van der Waals surface area contributed by atoms with Gasteiger partial charge in [-0.2, -0.15) is 11.8 Å². The van der Waals surface area contributed by atoms with Crippen molar-refractivity contribution in [1.29, 1.82) is 0 Å². The molecule has 36 heavy (non-hydrogen) atoms. The van der Waals surface area contributed by atoms with Gasteiger partial charge in [-0.1, -0.05) is 32.4 Å². The lowest BCUT2D eigenvalue weighted by molar-refractivity contribution is -0.139. The van der Waals surface area contributed by atoms with Crippen LogP contribution in [0.5, 0.6) is 0 Å². The van der Waals surface area contributed by atoms with Crippen LogP contribution in [0.1, 0.15) is 68.8 Å². The highest BCUT2D eigenvalue weighted by Crippen LogP contribution is 2.34. The summed E-state index contributed by atoms with van der Waals surface area (Å²) in [4.78, 5) is 43.6.